The van der Waals surface area contributed by atoms with E-state index in [1.54, 1.807) is 0 Å². The van der Waals surface area contributed by atoms with Gasteiger partial charge in [-0.15, -0.1) is 0 Å². The molecule has 1 aromatic rings. The van der Waals surface area contributed by atoms with Crippen LogP contribution in [0.4, 0.5) is 0 Å². The molecule has 1 fully saturated rings. The average molecular weight is 319 g/mol. The van der Waals surface area contributed by atoms with Gasteiger partial charge in [-0.05, 0) is 37.2 Å². The Hall–Kier alpha value is -1.88. The molecule has 2 N–H and O–H groups in total. The van der Waals surface area contributed by atoms with Crippen LogP contribution in [0.25, 0.3) is 0 Å². The molecular weight excluding hydrogens is 294 g/mol. The van der Waals surface area contributed by atoms with E-state index in [0.29, 0.717) is 32.4 Å². The van der Waals surface area contributed by atoms with E-state index >= 15 is 0 Å². The molecule has 1 atom stereocenters. The zero-order chi connectivity index (χ0) is 16.7. The molecule has 5 nitrogen and oxygen atoms in total. The molecule has 0 bridgehead atoms. The largest absolute Gasteiger partial charge is 0.481 e. The predicted octanol–water partition coefficient (Wildman–Crippen LogP) is 2.60. The first-order valence-electron chi connectivity index (χ1n) is 8.30. The van der Waals surface area contributed by atoms with Crippen molar-refractivity contribution in [2.75, 3.05) is 13.1 Å². The first-order chi connectivity index (χ1) is 11.1. The Morgan fingerprint density at radius 2 is 1.70 bits per heavy atom. The summed E-state index contributed by atoms with van der Waals surface area (Å²) in [6, 6.07) is 9.65. The SMILES string of the molecule is O=C(O)CCCCC(=O)N1CCC(C(O)c2ccccc2)CC1. The fourth-order valence-electron chi connectivity index (χ4n) is 3.10. The van der Waals surface area contributed by atoms with Gasteiger partial charge in [0, 0.05) is 25.9 Å². The monoisotopic (exact) mass is 319 g/mol. The van der Waals surface area contributed by atoms with Crippen LogP contribution in [0.15, 0.2) is 30.3 Å². The number of carboxylic acids is 1. The second-order valence-corrected chi connectivity index (χ2v) is 6.17. The average Bonchev–Trinajstić information content (AvgIpc) is 2.58. The lowest BCUT2D eigenvalue weighted by Gasteiger charge is -2.34. The van der Waals surface area contributed by atoms with Gasteiger partial charge in [-0.25, -0.2) is 0 Å². The van der Waals surface area contributed by atoms with Gasteiger partial charge >= 0.3 is 5.97 Å². The molecule has 0 radical (unpaired) electrons. The van der Waals surface area contributed by atoms with E-state index in [2.05, 4.69) is 0 Å². The minimum absolute atomic E-state index is 0.100. The zero-order valence-electron chi connectivity index (χ0n) is 13.4. The van der Waals surface area contributed by atoms with Gasteiger partial charge in [0.2, 0.25) is 5.91 Å². The van der Waals surface area contributed by atoms with Gasteiger partial charge in [0.25, 0.3) is 0 Å². The Balaban J connectivity index is 1.73. The number of nitrogens with zero attached hydrogens (tertiary/aromatic N) is 1. The molecule has 0 aromatic heterocycles. The normalized spacial score (nSPS) is 17.0. The molecule has 5 heteroatoms. The summed E-state index contributed by atoms with van der Waals surface area (Å²) in [4.78, 5) is 24.4. The Labute approximate surface area is 136 Å². The van der Waals surface area contributed by atoms with Gasteiger partial charge in [0.1, 0.15) is 0 Å². The lowest BCUT2D eigenvalue weighted by atomic mass is 9.87. The fraction of sp³-hybridized carbons (Fsp3) is 0.556. The number of carboxylic acid groups (broad SMARTS) is 1. The van der Waals surface area contributed by atoms with Crippen molar-refractivity contribution < 1.29 is 19.8 Å². The third-order valence-corrected chi connectivity index (χ3v) is 4.51. The lowest BCUT2D eigenvalue weighted by molar-refractivity contribution is -0.138. The highest BCUT2D eigenvalue weighted by Gasteiger charge is 2.27. The Morgan fingerprint density at radius 1 is 1.09 bits per heavy atom. The number of piperidine rings is 1. The predicted molar refractivity (Wildman–Crippen MR) is 86.8 cm³/mol. The molecule has 1 heterocycles. The molecule has 0 aliphatic carbocycles. The van der Waals surface area contributed by atoms with Crippen LogP contribution in [0.1, 0.15) is 50.2 Å². The number of benzene rings is 1. The summed E-state index contributed by atoms with van der Waals surface area (Å²) in [5.41, 5.74) is 0.936. The van der Waals surface area contributed by atoms with Gasteiger partial charge in [-0.1, -0.05) is 30.3 Å². The third-order valence-electron chi connectivity index (χ3n) is 4.51. The van der Waals surface area contributed by atoms with Crippen molar-refractivity contribution in [2.24, 2.45) is 5.92 Å². The molecule has 1 aromatic carbocycles. The molecule has 23 heavy (non-hydrogen) atoms. The van der Waals surface area contributed by atoms with Gasteiger partial charge < -0.3 is 15.1 Å². The van der Waals surface area contributed by atoms with Crippen LogP contribution in [-0.2, 0) is 9.59 Å². The quantitative estimate of drug-likeness (QED) is 0.757. The molecule has 2 rings (SSSR count). The van der Waals surface area contributed by atoms with Gasteiger partial charge in [0.15, 0.2) is 0 Å². The van der Waals surface area contributed by atoms with Crippen molar-refractivity contribution in [1.82, 2.24) is 4.90 Å². The number of aliphatic hydroxyl groups is 1. The summed E-state index contributed by atoms with van der Waals surface area (Å²) in [5, 5.41) is 19.0. The van der Waals surface area contributed by atoms with E-state index < -0.39 is 12.1 Å². The molecule has 1 aliphatic rings. The number of likely N-dealkylation sites (tertiary alicyclic amines) is 1. The number of rotatable bonds is 7. The molecule has 0 spiro atoms. The van der Waals surface area contributed by atoms with Crippen LogP contribution in [0.2, 0.25) is 0 Å². The van der Waals surface area contributed by atoms with Crippen molar-refractivity contribution in [3.8, 4) is 0 Å². The van der Waals surface area contributed by atoms with Gasteiger partial charge in [0.05, 0.1) is 6.10 Å². The molecule has 0 saturated carbocycles. The van der Waals surface area contributed by atoms with E-state index in [0.717, 1.165) is 18.4 Å². The standard InChI is InChI=1S/C18H25NO4/c20-16(8-4-5-9-17(21)22)19-12-10-15(11-13-19)18(23)14-6-2-1-3-7-14/h1-3,6-7,15,18,23H,4-5,8-13H2,(H,21,22). The lowest BCUT2D eigenvalue weighted by Crippen LogP contribution is -2.39. The van der Waals surface area contributed by atoms with Crippen molar-refractivity contribution in [2.45, 2.75) is 44.6 Å². The van der Waals surface area contributed by atoms with Crippen molar-refractivity contribution in [3.05, 3.63) is 35.9 Å². The number of unbranched alkanes of at least 4 members (excludes halogenated alkanes) is 1. The van der Waals surface area contributed by atoms with Crippen LogP contribution >= 0.6 is 0 Å². The number of carbonyl (C=O) groups excluding carboxylic acids is 1. The molecular formula is C18H25NO4. The molecule has 1 unspecified atom stereocenters. The van der Waals surface area contributed by atoms with Crippen LogP contribution in [0, 0.1) is 5.92 Å². The number of aliphatic carboxylic acids is 1. The first kappa shape index (κ1) is 17.5. The minimum atomic E-state index is -0.812. The molecule has 1 aliphatic heterocycles. The van der Waals surface area contributed by atoms with E-state index in [9.17, 15) is 14.7 Å². The summed E-state index contributed by atoms with van der Waals surface area (Å²) < 4.78 is 0. The fourth-order valence-corrected chi connectivity index (χ4v) is 3.10. The smallest absolute Gasteiger partial charge is 0.303 e. The van der Waals surface area contributed by atoms with Crippen molar-refractivity contribution in [3.63, 3.8) is 0 Å². The number of hydrogen-bond donors (Lipinski definition) is 2. The van der Waals surface area contributed by atoms with Crippen LogP contribution in [0.3, 0.4) is 0 Å². The molecule has 1 amide bonds. The second kappa shape index (κ2) is 8.67. The van der Waals surface area contributed by atoms with Crippen LogP contribution in [-0.4, -0.2) is 40.1 Å². The topological polar surface area (TPSA) is 77.8 Å². The molecule has 126 valence electrons. The van der Waals surface area contributed by atoms with E-state index in [1.807, 2.05) is 35.2 Å². The number of hydrogen-bond acceptors (Lipinski definition) is 3. The highest BCUT2D eigenvalue weighted by Crippen LogP contribution is 2.30. The number of aliphatic hydroxyl groups excluding tert-OH is 1. The van der Waals surface area contributed by atoms with Gasteiger partial charge in [-0.3, -0.25) is 9.59 Å². The van der Waals surface area contributed by atoms with E-state index in [-0.39, 0.29) is 18.2 Å². The summed E-state index contributed by atoms with van der Waals surface area (Å²) in [6.07, 6.45) is 2.84. The van der Waals surface area contributed by atoms with Crippen LogP contribution in [0.5, 0.6) is 0 Å². The van der Waals surface area contributed by atoms with Crippen molar-refractivity contribution in [1.29, 1.82) is 0 Å². The third kappa shape index (κ3) is 5.36. The maximum Gasteiger partial charge on any atom is 0.303 e. The van der Waals surface area contributed by atoms with Gasteiger partial charge in [-0.2, -0.15) is 0 Å². The maximum absolute atomic E-state index is 12.1. The Morgan fingerprint density at radius 3 is 2.30 bits per heavy atom. The Kier molecular flexibility index (Phi) is 6.59. The molecule has 1 saturated heterocycles. The van der Waals surface area contributed by atoms with E-state index in [1.165, 1.54) is 0 Å². The zero-order valence-corrected chi connectivity index (χ0v) is 13.4. The number of amides is 1. The summed E-state index contributed by atoms with van der Waals surface area (Å²) in [6.45, 7) is 1.35. The van der Waals surface area contributed by atoms with Crippen LogP contribution < -0.4 is 0 Å². The second-order valence-electron chi connectivity index (χ2n) is 6.17. The highest BCUT2D eigenvalue weighted by atomic mass is 16.4. The summed E-state index contributed by atoms with van der Waals surface area (Å²) in [5.74, 6) is -0.523. The summed E-state index contributed by atoms with van der Waals surface area (Å²) >= 11 is 0. The summed E-state index contributed by atoms with van der Waals surface area (Å²) in [7, 11) is 0. The van der Waals surface area contributed by atoms with Crippen molar-refractivity contribution >= 4 is 11.9 Å². The highest BCUT2D eigenvalue weighted by molar-refractivity contribution is 5.76. The first-order valence-corrected chi connectivity index (χ1v) is 8.30. The number of carbonyl (C=O) groups is 2. The minimum Gasteiger partial charge on any atom is -0.481 e. The van der Waals surface area contributed by atoms with E-state index in [4.69, 9.17) is 5.11 Å². The maximum atomic E-state index is 12.1. The Bertz CT molecular complexity index is 509.